The van der Waals surface area contributed by atoms with E-state index in [1.54, 1.807) is 0 Å². The van der Waals surface area contributed by atoms with Crippen molar-refractivity contribution in [2.45, 2.75) is 12.8 Å². The molecule has 1 aliphatic heterocycles. The van der Waals surface area contributed by atoms with E-state index >= 15 is 0 Å². The number of hydrogen-bond acceptors (Lipinski definition) is 1. The summed E-state index contributed by atoms with van der Waals surface area (Å²) >= 11 is 0. The summed E-state index contributed by atoms with van der Waals surface area (Å²) in [6.07, 6.45) is 4.60. The van der Waals surface area contributed by atoms with E-state index in [0.717, 1.165) is 5.92 Å². The van der Waals surface area contributed by atoms with Gasteiger partial charge in [0.25, 0.3) is 0 Å². The Kier molecular flexibility index (Phi) is 2.87. The third-order valence-electron chi connectivity index (χ3n) is 2.99. The standard InChI is InChI=1S/C13H17N/c1-2-12-8-10-14(11-9-12)13-6-4-3-5-7-13/h2-7,12H,1,8-11H2. The van der Waals surface area contributed by atoms with Crippen LogP contribution in [0, 0.1) is 5.92 Å². The van der Waals surface area contributed by atoms with Gasteiger partial charge in [-0.05, 0) is 30.9 Å². The Morgan fingerprint density at radius 2 is 1.79 bits per heavy atom. The molecule has 0 saturated carbocycles. The van der Waals surface area contributed by atoms with Crippen molar-refractivity contribution in [2.75, 3.05) is 18.0 Å². The highest BCUT2D eigenvalue weighted by Crippen LogP contribution is 2.23. The van der Waals surface area contributed by atoms with E-state index in [0.29, 0.717) is 0 Å². The molecule has 0 atom stereocenters. The zero-order valence-electron chi connectivity index (χ0n) is 8.52. The summed E-state index contributed by atoms with van der Waals surface area (Å²) in [6, 6.07) is 10.7. The first kappa shape index (κ1) is 9.32. The Labute approximate surface area is 86.1 Å². The van der Waals surface area contributed by atoms with Crippen molar-refractivity contribution < 1.29 is 0 Å². The first-order valence-corrected chi connectivity index (χ1v) is 5.32. The Morgan fingerprint density at radius 1 is 1.14 bits per heavy atom. The van der Waals surface area contributed by atoms with Crippen molar-refractivity contribution in [3.63, 3.8) is 0 Å². The van der Waals surface area contributed by atoms with Gasteiger partial charge in [0, 0.05) is 18.8 Å². The molecule has 1 saturated heterocycles. The van der Waals surface area contributed by atoms with Gasteiger partial charge >= 0.3 is 0 Å². The summed E-state index contributed by atoms with van der Waals surface area (Å²) in [7, 11) is 0. The molecule has 1 aliphatic rings. The smallest absolute Gasteiger partial charge is 0.0366 e. The van der Waals surface area contributed by atoms with E-state index in [9.17, 15) is 0 Å². The maximum atomic E-state index is 3.86. The summed E-state index contributed by atoms with van der Waals surface area (Å²) in [6.45, 7) is 6.20. The van der Waals surface area contributed by atoms with E-state index < -0.39 is 0 Å². The maximum Gasteiger partial charge on any atom is 0.0366 e. The van der Waals surface area contributed by atoms with Gasteiger partial charge in [-0.2, -0.15) is 0 Å². The van der Waals surface area contributed by atoms with Gasteiger partial charge < -0.3 is 4.90 Å². The molecule has 0 N–H and O–H groups in total. The lowest BCUT2D eigenvalue weighted by Crippen LogP contribution is -2.32. The second-order valence-corrected chi connectivity index (χ2v) is 3.90. The average Bonchev–Trinajstić information content (AvgIpc) is 2.30. The van der Waals surface area contributed by atoms with E-state index in [1.807, 2.05) is 0 Å². The van der Waals surface area contributed by atoms with Gasteiger partial charge in [0.2, 0.25) is 0 Å². The normalized spacial score (nSPS) is 18.1. The highest BCUT2D eigenvalue weighted by Gasteiger charge is 2.16. The summed E-state index contributed by atoms with van der Waals surface area (Å²) in [5, 5.41) is 0. The topological polar surface area (TPSA) is 3.24 Å². The molecule has 1 fully saturated rings. The maximum absolute atomic E-state index is 3.86. The number of hydrogen-bond donors (Lipinski definition) is 0. The van der Waals surface area contributed by atoms with Crippen LogP contribution in [0.5, 0.6) is 0 Å². The monoisotopic (exact) mass is 187 g/mol. The van der Waals surface area contributed by atoms with E-state index in [2.05, 4.69) is 47.9 Å². The second-order valence-electron chi connectivity index (χ2n) is 3.90. The lowest BCUT2D eigenvalue weighted by atomic mass is 9.97. The van der Waals surface area contributed by atoms with E-state index in [1.165, 1.54) is 31.6 Å². The molecule has 0 spiro atoms. The van der Waals surface area contributed by atoms with Crippen LogP contribution in [0.15, 0.2) is 43.0 Å². The Balaban J connectivity index is 1.99. The molecular weight excluding hydrogens is 170 g/mol. The molecule has 14 heavy (non-hydrogen) atoms. The highest BCUT2D eigenvalue weighted by atomic mass is 15.1. The van der Waals surface area contributed by atoms with Gasteiger partial charge in [0.15, 0.2) is 0 Å². The molecule has 74 valence electrons. The molecule has 1 aromatic carbocycles. The predicted octanol–water partition coefficient (Wildman–Crippen LogP) is 3.09. The van der Waals surface area contributed by atoms with Crippen molar-refractivity contribution in [3.05, 3.63) is 43.0 Å². The highest BCUT2D eigenvalue weighted by molar-refractivity contribution is 5.46. The van der Waals surface area contributed by atoms with Crippen LogP contribution in [-0.4, -0.2) is 13.1 Å². The van der Waals surface area contributed by atoms with Crippen LogP contribution in [0.2, 0.25) is 0 Å². The summed E-state index contributed by atoms with van der Waals surface area (Å²) < 4.78 is 0. The summed E-state index contributed by atoms with van der Waals surface area (Å²) in [4.78, 5) is 2.46. The fraction of sp³-hybridized carbons (Fsp3) is 0.385. The first-order valence-electron chi connectivity index (χ1n) is 5.32. The van der Waals surface area contributed by atoms with Crippen LogP contribution in [0.1, 0.15) is 12.8 Å². The number of rotatable bonds is 2. The zero-order valence-corrected chi connectivity index (χ0v) is 8.52. The van der Waals surface area contributed by atoms with Gasteiger partial charge in [-0.25, -0.2) is 0 Å². The molecule has 0 aromatic heterocycles. The minimum absolute atomic E-state index is 0.731. The Hall–Kier alpha value is -1.24. The quantitative estimate of drug-likeness (QED) is 0.643. The molecular formula is C13H17N. The van der Waals surface area contributed by atoms with Crippen molar-refractivity contribution in [2.24, 2.45) is 5.92 Å². The third kappa shape index (κ3) is 1.98. The van der Waals surface area contributed by atoms with Crippen LogP contribution in [0.3, 0.4) is 0 Å². The fourth-order valence-corrected chi connectivity index (χ4v) is 2.03. The molecule has 0 radical (unpaired) electrons. The van der Waals surface area contributed by atoms with Crippen LogP contribution in [-0.2, 0) is 0 Å². The summed E-state index contributed by atoms with van der Waals surface area (Å²) in [5.41, 5.74) is 1.36. The third-order valence-corrected chi connectivity index (χ3v) is 2.99. The molecule has 1 aromatic rings. The predicted molar refractivity (Wildman–Crippen MR) is 61.6 cm³/mol. The number of allylic oxidation sites excluding steroid dienone is 1. The van der Waals surface area contributed by atoms with Gasteiger partial charge in [-0.15, -0.1) is 6.58 Å². The number of piperidine rings is 1. The molecule has 0 amide bonds. The Bertz CT molecular complexity index is 283. The van der Waals surface area contributed by atoms with E-state index in [4.69, 9.17) is 0 Å². The second kappa shape index (κ2) is 4.32. The van der Waals surface area contributed by atoms with Crippen LogP contribution in [0.25, 0.3) is 0 Å². The van der Waals surface area contributed by atoms with Crippen LogP contribution >= 0.6 is 0 Å². The van der Waals surface area contributed by atoms with Gasteiger partial charge in [0.1, 0.15) is 0 Å². The molecule has 2 rings (SSSR count). The molecule has 0 bridgehead atoms. The van der Waals surface area contributed by atoms with E-state index in [-0.39, 0.29) is 0 Å². The number of para-hydroxylation sites is 1. The molecule has 1 nitrogen and oxygen atoms in total. The molecule has 0 unspecified atom stereocenters. The van der Waals surface area contributed by atoms with Crippen molar-refractivity contribution >= 4 is 5.69 Å². The Morgan fingerprint density at radius 3 is 2.36 bits per heavy atom. The van der Waals surface area contributed by atoms with Gasteiger partial charge in [0.05, 0.1) is 0 Å². The number of anilines is 1. The minimum Gasteiger partial charge on any atom is -0.371 e. The van der Waals surface area contributed by atoms with Crippen LogP contribution < -0.4 is 4.90 Å². The van der Waals surface area contributed by atoms with Crippen molar-refractivity contribution in [1.82, 2.24) is 0 Å². The zero-order chi connectivity index (χ0) is 9.80. The number of benzene rings is 1. The lowest BCUT2D eigenvalue weighted by Gasteiger charge is -2.32. The molecule has 0 aliphatic carbocycles. The largest absolute Gasteiger partial charge is 0.371 e. The van der Waals surface area contributed by atoms with Crippen molar-refractivity contribution in [1.29, 1.82) is 0 Å². The fourth-order valence-electron chi connectivity index (χ4n) is 2.03. The van der Waals surface area contributed by atoms with Crippen LogP contribution in [0.4, 0.5) is 5.69 Å². The number of nitrogens with zero attached hydrogens (tertiary/aromatic N) is 1. The molecule has 1 heterocycles. The van der Waals surface area contributed by atoms with Gasteiger partial charge in [-0.1, -0.05) is 24.3 Å². The minimum atomic E-state index is 0.731. The lowest BCUT2D eigenvalue weighted by molar-refractivity contribution is 0.479. The van der Waals surface area contributed by atoms with Crippen molar-refractivity contribution in [3.8, 4) is 0 Å². The average molecular weight is 187 g/mol. The SMILES string of the molecule is C=CC1CCN(c2ccccc2)CC1. The summed E-state index contributed by atoms with van der Waals surface area (Å²) in [5.74, 6) is 0.731. The van der Waals surface area contributed by atoms with Gasteiger partial charge in [-0.3, -0.25) is 0 Å². The first-order chi connectivity index (χ1) is 6.90. The molecule has 1 heteroatoms.